The minimum atomic E-state index is -3.78. The van der Waals surface area contributed by atoms with Crippen LogP contribution in [-0.2, 0) is 21.2 Å². The lowest BCUT2D eigenvalue weighted by Gasteiger charge is -2.22. The maximum atomic E-state index is 12.4. The van der Waals surface area contributed by atoms with Gasteiger partial charge < -0.3 is 14.6 Å². The number of aryl methyl sites for hydroxylation is 1. The van der Waals surface area contributed by atoms with Gasteiger partial charge in [0.25, 0.3) is 0 Å². The Kier molecular flexibility index (Phi) is 6.15. The van der Waals surface area contributed by atoms with Crippen LogP contribution in [0.15, 0.2) is 23.1 Å². The number of rotatable bonds is 8. The van der Waals surface area contributed by atoms with Gasteiger partial charge in [0.15, 0.2) is 0 Å². The molecule has 0 aliphatic carbocycles. The quantitative estimate of drug-likeness (QED) is 0.745. The van der Waals surface area contributed by atoms with Crippen molar-refractivity contribution < 1.29 is 23.0 Å². The molecule has 0 aromatic heterocycles. The summed E-state index contributed by atoms with van der Waals surface area (Å²) >= 11 is 0. The van der Waals surface area contributed by atoms with Gasteiger partial charge in [-0.3, -0.25) is 0 Å². The lowest BCUT2D eigenvalue weighted by Crippen LogP contribution is -2.43. The Morgan fingerprint density at radius 3 is 2.52 bits per heavy atom. The Bertz CT molecular complexity index is 569. The number of sulfonamides is 1. The number of hydrogen-bond donors (Lipinski definition) is 2. The van der Waals surface area contributed by atoms with Crippen LogP contribution in [0.1, 0.15) is 19.4 Å². The molecule has 1 aromatic carbocycles. The molecule has 0 saturated carbocycles. The van der Waals surface area contributed by atoms with Gasteiger partial charge >= 0.3 is 0 Å². The minimum absolute atomic E-state index is 0.0294. The van der Waals surface area contributed by atoms with Crippen LogP contribution in [0.3, 0.4) is 0 Å². The molecule has 2 N–H and O–H groups in total. The summed E-state index contributed by atoms with van der Waals surface area (Å²) in [6.45, 7) is 3.32. The van der Waals surface area contributed by atoms with Gasteiger partial charge in [0, 0.05) is 13.7 Å². The molecule has 0 aliphatic heterocycles. The first-order valence-corrected chi connectivity index (χ1v) is 8.12. The van der Waals surface area contributed by atoms with Crippen molar-refractivity contribution in [3.8, 4) is 5.75 Å². The van der Waals surface area contributed by atoms with Crippen molar-refractivity contribution in [1.29, 1.82) is 0 Å². The molecule has 0 heterocycles. The predicted molar refractivity (Wildman–Crippen MR) is 80.1 cm³/mol. The van der Waals surface area contributed by atoms with E-state index in [1.54, 1.807) is 12.1 Å². The van der Waals surface area contributed by atoms with Crippen molar-refractivity contribution in [3.63, 3.8) is 0 Å². The van der Waals surface area contributed by atoms with Crippen molar-refractivity contribution >= 4 is 10.0 Å². The number of methoxy groups -OCH3 is 2. The molecule has 6 nitrogen and oxygen atoms in total. The van der Waals surface area contributed by atoms with Gasteiger partial charge in [0.05, 0.1) is 19.3 Å². The fourth-order valence-electron chi connectivity index (χ4n) is 1.84. The second-order valence-electron chi connectivity index (χ2n) is 5.09. The molecular weight excluding hydrogens is 294 g/mol. The molecule has 0 aliphatic rings. The van der Waals surface area contributed by atoms with Crippen molar-refractivity contribution in [2.24, 2.45) is 0 Å². The van der Waals surface area contributed by atoms with Gasteiger partial charge in [-0.25, -0.2) is 13.1 Å². The van der Waals surface area contributed by atoms with E-state index >= 15 is 0 Å². The molecular formula is C14H23NO5S. The molecule has 0 amide bonds. The molecule has 120 valence electrons. The molecule has 1 aromatic rings. The molecule has 0 fully saturated rings. The SMILES string of the molecule is CCc1ccc(OC)c(S(=O)(=O)NCC(C)(O)COC)c1. The first-order valence-electron chi connectivity index (χ1n) is 6.63. The second-order valence-corrected chi connectivity index (χ2v) is 6.83. The zero-order valence-electron chi connectivity index (χ0n) is 12.8. The smallest absolute Gasteiger partial charge is 0.244 e. The summed E-state index contributed by atoms with van der Waals surface area (Å²) in [7, 11) is -0.919. The van der Waals surface area contributed by atoms with E-state index in [-0.39, 0.29) is 23.8 Å². The van der Waals surface area contributed by atoms with Crippen molar-refractivity contribution in [2.75, 3.05) is 27.4 Å². The monoisotopic (exact) mass is 317 g/mol. The fraction of sp³-hybridized carbons (Fsp3) is 0.571. The number of aliphatic hydroxyl groups is 1. The van der Waals surface area contributed by atoms with E-state index in [1.165, 1.54) is 21.1 Å². The Hall–Kier alpha value is -1.15. The highest BCUT2D eigenvalue weighted by Gasteiger charge is 2.26. The molecule has 0 spiro atoms. The third-order valence-corrected chi connectivity index (χ3v) is 4.45. The third kappa shape index (κ3) is 4.96. The van der Waals surface area contributed by atoms with Crippen LogP contribution in [0.25, 0.3) is 0 Å². The van der Waals surface area contributed by atoms with Gasteiger partial charge in [0.1, 0.15) is 10.6 Å². The standard InChI is InChI=1S/C14H23NO5S/c1-5-11-6-7-12(20-4)13(8-11)21(17,18)15-9-14(2,16)10-19-3/h6-8,15-16H,5,9-10H2,1-4H3. The summed E-state index contributed by atoms with van der Waals surface area (Å²) in [5.74, 6) is 0.270. The van der Waals surface area contributed by atoms with E-state index in [4.69, 9.17) is 9.47 Å². The highest BCUT2D eigenvalue weighted by atomic mass is 32.2. The van der Waals surface area contributed by atoms with Gasteiger partial charge in [-0.1, -0.05) is 13.0 Å². The molecule has 0 saturated heterocycles. The second kappa shape index (κ2) is 7.22. The van der Waals surface area contributed by atoms with Crippen molar-refractivity contribution in [1.82, 2.24) is 4.72 Å². The number of ether oxygens (including phenoxy) is 2. The van der Waals surface area contributed by atoms with E-state index in [0.29, 0.717) is 6.42 Å². The molecule has 21 heavy (non-hydrogen) atoms. The molecule has 1 rings (SSSR count). The first kappa shape index (κ1) is 17.9. The van der Waals surface area contributed by atoms with Crippen molar-refractivity contribution in [2.45, 2.75) is 30.8 Å². The Balaban J connectivity index is 3.02. The van der Waals surface area contributed by atoms with E-state index in [9.17, 15) is 13.5 Å². The van der Waals surface area contributed by atoms with E-state index in [2.05, 4.69) is 4.72 Å². The van der Waals surface area contributed by atoms with Gasteiger partial charge in [0.2, 0.25) is 10.0 Å². The lowest BCUT2D eigenvalue weighted by molar-refractivity contribution is -0.0119. The summed E-state index contributed by atoms with van der Waals surface area (Å²) in [6.07, 6.45) is 0.716. The summed E-state index contributed by atoms with van der Waals surface area (Å²) in [6, 6.07) is 5.02. The molecule has 7 heteroatoms. The average Bonchev–Trinajstić information content (AvgIpc) is 2.44. The highest BCUT2D eigenvalue weighted by Crippen LogP contribution is 2.25. The zero-order chi connectivity index (χ0) is 16.1. The minimum Gasteiger partial charge on any atom is -0.495 e. The maximum absolute atomic E-state index is 12.4. The summed E-state index contributed by atoms with van der Waals surface area (Å²) in [5, 5.41) is 9.97. The fourth-order valence-corrected chi connectivity index (χ4v) is 3.22. The van der Waals surface area contributed by atoms with Crippen LogP contribution in [-0.4, -0.2) is 46.5 Å². The zero-order valence-corrected chi connectivity index (χ0v) is 13.7. The van der Waals surface area contributed by atoms with Gasteiger partial charge in [-0.05, 0) is 31.0 Å². The van der Waals surface area contributed by atoms with Crippen molar-refractivity contribution in [3.05, 3.63) is 23.8 Å². The molecule has 0 radical (unpaired) electrons. The van der Waals surface area contributed by atoms with Gasteiger partial charge in [-0.2, -0.15) is 0 Å². The number of hydrogen-bond acceptors (Lipinski definition) is 5. The summed E-state index contributed by atoms with van der Waals surface area (Å²) < 4.78 is 37.1. The van der Waals surface area contributed by atoms with Crippen LogP contribution in [0.4, 0.5) is 0 Å². The average molecular weight is 317 g/mol. The van der Waals surface area contributed by atoms with Crippen LogP contribution in [0, 0.1) is 0 Å². The Morgan fingerprint density at radius 1 is 1.33 bits per heavy atom. The Labute approximate surface area is 126 Å². The Morgan fingerprint density at radius 2 is 2.00 bits per heavy atom. The summed E-state index contributed by atoms with van der Waals surface area (Å²) in [5.41, 5.74) is -0.392. The normalized spacial score (nSPS) is 14.7. The maximum Gasteiger partial charge on any atom is 0.244 e. The highest BCUT2D eigenvalue weighted by molar-refractivity contribution is 7.89. The third-order valence-electron chi connectivity index (χ3n) is 3.02. The largest absolute Gasteiger partial charge is 0.495 e. The van der Waals surface area contributed by atoms with Crippen LogP contribution in [0.2, 0.25) is 0 Å². The topological polar surface area (TPSA) is 84.9 Å². The molecule has 1 unspecified atom stereocenters. The van der Waals surface area contributed by atoms with Crippen LogP contribution in [0.5, 0.6) is 5.75 Å². The predicted octanol–water partition coefficient (Wildman–Crippen LogP) is 0.933. The van der Waals surface area contributed by atoms with Crippen LogP contribution < -0.4 is 9.46 Å². The number of nitrogens with one attached hydrogen (secondary N) is 1. The first-order chi connectivity index (χ1) is 9.75. The van der Waals surface area contributed by atoms with E-state index < -0.39 is 15.6 Å². The van der Waals surface area contributed by atoms with E-state index in [0.717, 1.165) is 5.56 Å². The molecule has 1 atom stereocenters. The molecule has 0 bridgehead atoms. The summed E-state index contributed by atoms with van der Waals surface area (Å²) in [4.78, 5) is 0.0672. The van der Waals surface area contributed by atoms with Gasteiger partial charge in [-0.15, -0.1) is 0 Å². The number of benzene rings is 1. The van der Waals surface area contributed by atoms with E-state index in [1.807, 2.05) is 13.0 Å². The van der Waals surface area contributed by atoms with Crippen LogP contribution >= 0.6 is 0 Å². The lowest BCUT2D eigenvalue weighted by atomic mass is 10.1.